The van der Waals surface area contributed by atoms with Crippen LogP contribution in [0.5, 0.6) is 0 Å². The maximum atomic E-state index is 12.2. The molecule has 6 rings (SSSR count). The first-order valence-corrected chi connectivity index (χ1v) is 13.5. The van der Waals surface area contributed by atoms with Gasteiger partial charge in [-0.2, -0.15) is 5.10 Å². The Morgan fingerprint density at radius 3 is 2.29 bits per heavy atom. The average Bonchev–Trinajstić information content (AvgIpc) is 3.28. The van der Waals surface area contributed by atoms with Crippen LogP contribution in [0, 0.1) is 0 Å². The molecule has 0 spiro atoms. The summed E-state index contributed by atoms with van der Waals surface area (Å²) in [5, 5.41) is 7.36. The van der Waals surface area contributed by atoms with Crippen LogP contribution in [0.4, 0.5) is 0 Å². The summed E-state index contributed by atoms with van der Waals surface area (Å²) < 4.78 is 24.5. The monoisotopic (exact) mass is 470 g/mol. The molecule has 0 radical (unpaired) electrons. The Balaban J connectivity index is 1.52. The van der Waals surface area contributed by atoms with Gasteiger partial charge in [0.05, 0.1) is 17.1 Å². The highest BCUT2D eigenvalue weighted by atomic mass is 32.2. The van der Waals surface area contributed by atoms with Crippen molar-refractivity contribution in [1.29, 1.82) is 0 Å². The molecule has 172 valence electrons. The minimum Gasteiger partial charge on any atom is -0.321 e. The summed E-state index contributed by atoms with van der Waals surface area (Å²) in [5.41, 5.74) is 14.8. The Kier molecular flexibility index (Phi) is 4.76. The number of hydrogen-bond acceptors (Lipinski definition) is 5. The molecule has 7 heteroatoms. The summed E-state index contributed by atoms with van der Waals surface area (Å²) in [6.07, 6.45) is 5.70. The lowest BCUT2D eigenvalue weighted by Gasteiger charge is -2.38. The number of benzene rings is 2. The van der Waals surface area contributed by atoms with Crippen LogP contribution in [0.15, 0.2) is 65.7 Å². The van der Waals surface area contributed by atoms with Gasteiger partial charge in [-0.3, -0.25) is 10.1 Å². The number of rotatable bonds is 4. The number of nitrogens with one attached hydrogen (secondary N) is 1. The zero-order valence-electron chi connectivity index (χ0n) is 19.0. The Morgan fingerprint density at radius 1 is 0.912 bits per heavy atom. The van der Waals surface area contributed by atoms with Gasteiger partial charge in [0.2, 0.25) is 0 Å². The lowest BCUT2D eigenvalue weighted by Crippen LogP contribution is -2.43. The summed E-state index contributed by atoms with van der Waals surface area (Å²) in [5.74, 6) is 0. The molecule has 0 amide bonds. The summed E-state index contributed by atoms with van der Waals surface area (Å²) >= 11 is 0. The number of pyridine rings is 1. The van der Waals surface area contributed by atoms with Gasteiger partial charge in [0.15, 0.2) is 14.9 Å². The van der Waals surface area contributed by atoms with E-state index in [4.69, 9.17) is 10.7 Å². The van der Waals surface area contributed by atoms with Gasteiger partial charge in [0.1, 0.15) is 0 Å². The van der Waals surface area contributed by atoms with E-state index in [-0.39, 0.29) is 10.6 Å². The molecule has 1 saturated carbocycles. The summed E-state index contributed by atoms with van der Waals surface area (Å²) in [6, 6.07) is 20.8. The van der Waals surface area contributed by atoms with E-state index in [1.54, 1.807) is 0 Å². The quantitative estimate of drug-likeness (QED) is 0.452. The van der Waals surface area contributed by atoms with Gasteiger partial charge < -0.3 is 5.73 Å². The number of nitrogens with two attached hydrogens (primary N) is 1. The molecular weight excluding hydrogens is 444 g/mol. The number of hydrogen-bond donors (Lipinski definition) is 2. The van der Waals surface area contributed by atoms with Gasteiger partial charge in [-0.25, -0.2) is 8.42 Å². The van der Waals surface area contributed by atoms with E-state index in [9.17, 15) is 8.42 Å². The molecule has 6 nitrogen and oxygen atoms in total. The Labute approximate surface area is 199 Å². The fourth-order valence-corrected chi connectivity index (χ4v) is 6.02. The first-order chi connectivity index (χ1) is 16.3. The molecule has 3 N–H and O–H groups in total. The first-order valence-electron chi connectivity index (χ1n) is 11.6. The average molecular weight is 471 g/mol. The second kappa shape index (κ2) is 7.61. The Morgan fingerprint density at radius 2 is 1.65 bits per heavy atom. The van der Waals surface area contributed by atoms with Gasteiger partial charge >= 0.3 is 0 Å². The molecular formula is C27H26N4O2S. The van der Waals surface area contributed by atoms with Crippen LogP contribution in [0.3, 0.4) is 0 Å². The van der Waals surface area contributed by atoms with Crippen molar-refractivity contribution in [2.75, 3.05) is 6.26 Å². The van der Waals surface area contributed by atoms with Crippen molar-refractivity contribution in [3.05, 3.63) is 77.5 Å². The van der Waals surface area contributed by atoms with E-state index in [2.05, 4.69) is 52.7 Å². The van der Waals surface area contributed by atoms with Crippen molar-refractivity contribution >= 4 is 9.84 Å². The fourth-order valence-electron chi connectivity index (χ4n) is 5.17. The Bertz CT molecular complexity index is 1500. The predicted molar refractivity (Wildman–Crippen MR) is 133 cm³/mol. The number of sulfone groups is 1. The van der Waals surface area contributed by atoms with Crippen LogP contribution in [0.2, 0.25) is 0 Å². The highest BCUT2D eigenvalue weighted by Gasteiger charge is 2.34. The second-order valence-corrected chi connectivity index (χ2v) is 11.4. The molecule has 0 saturated heterocycles. The molecule has 34 heavy (non-hydrogen) atoms. The molecule has 2 heterocycles. The van der Waals surface area contributed by atoms with E-state index in [0.717, 1.165) is 52.0 Å². The SMILES string of the molecule is CS(=O)(=O)c1[nH]nc2c1CCc1nc(-c3ccc(C4(N)CCC4)cc3)c(-c3ccccc3)cc1-2. The third-order valence-electron chi connectivity index (χ3n) is 7.23. The molecule has 1 fully saturated rings. The summed E-state index contributed by atoms with van der Waals surface area (Å²) in [6.45, 7) is 0. The number of aryl methyl sites for hydroxylation is 1. The van der Waals surface area contributed by atoms with E-state index >= 15 is 0 Å². The van der Waals surface area contributed by atoms with Crippen LogP contribution in [0.25, 0.3) is 33.6 Å². The number of nitrogens with zero attached hydrogens (tertiary/aromatic N) is 2. The van der Waals surface area contributed by atoms with E-state index in [0.29, 0.717) is 18.5 Å². The fraction of sp³-hybridized carbons (Fsp3) is 0.259. The lowest BCUT2D eigenvalue weighted by atomic mass is 9.72. The van der Waals surface area contributed by atoms with E-state index < -0.39 is 9.84 Å². The standard InChI is InChI=1S/C27H26N4O2S/c1-34(32,33)26-20-12-13-23-22(25(20)30-31-26)16-21(17-6-3-2-4-7-17)24(29-23)18-8-10-19(11-9-18)27(28)14-5-15-27/h2-4,6-11,16H,5,12-15,28H2,1H3,(H,30,31). The lowest BCUT2D eigenvalue weighted by molar-refractivity contribution is 0.253. The van der Waals surface area contributed by atoms with Crippen molar-refractivity contribution in [2.45, 2.75) is 42.7 Å². The number of H-pyrrole nitrogens is 1. The van der Waals surface area contributed by atoms with Crippen LogP contribution < -0.4 is 5.73 Å². The van der Waals surface area contributed by atoms with Crippen molar-refractivity contribution < 1.29 is 8.42 Å². The number of aromatic nitrogens is 3. The number of fused-ring (bicyclic) bond motifs is 3. The molecule has 0 unspecified atom stereocenters. The molecule has 0 bridgehead atoms. The van der Waals surface area contributed by atoms with Crippen molar-refractivity contribution in [3.63, 3.8) is 0 Å². The topological polar surface area (TPSA) is 102 Å². The molecule has 0 aliphatic heterocycles. The summed E-state index contributed by atoms with van der Waals surface area (Å²) in [7, 11) is -3.38. The maximum absolute atomic E-state index is 12.2. The van der Waals surface area contributed by atoms with Gasteiger partial charge in [-0.05, 0) is 49.3 Å². The van der Waals surface area contributed by atoms with E-state index in [1.807, 2.05) is 18.2 Å². The highest BCUT2D eigenvalue weighted by molar-refractivity contribution is 7.90. The van der Waals surface area contributed by atoms with Crippen LogP contribution in [-0.2, 0) is 28.2 Å². The third kappa shape index (κ3) is 3.38. The van der Waals surface area contributed by atoms with E-state index in [1.165, 1.54) is 18.2 Å². The largest absolute Gasteiger partial charge is 0.321 e. The van der Waals surface area contributed by atoms with Gasteiger partial charge in [0.25, 0.3) is 0 Å². The van der Waals surface area contributed by atoms with Crippen molar-refractivity contribution in [3.8, 4) is 33.6 Å². The first kappa shape index (κ1) is 21.3. The van der Waals surface area contributed by atoms with Gasteiger partial charge in [0, 0.05) is 34.0 Å². The minimum absolute atomic E-state index is 0.197. The van der Waals surface area contributed by atoms with Crippen molar-refractivity contribution in [2.24, 2.45) is 5.73 Å². The molecule has 0 atom stereocenters. The normalized spacial score (nSPS) is 16.4. The Hall–Kier alpha value is -3.29. The van der Waals surface area contributed by atoms with Gasteiger partial charge in [-0.15, -0.1) is 0 Å². The van der Waals surface area contributed by atoms with Crippen LogP contribution in [-0.4, -0.2) is 29.9 Å². The zero-order chi connectivity index (χ0) is 23.5. The molecule has 2 aliphatic carbocycles. The minimum atomic E-state index is -3.38. The predicted octanol–water partition coefficient (Wildman–Crippen LogP) is 4.65. The summed E-state index contributed by atoms with van der Waals surface area (Å²) in [4.78, 5) is 5.12. The molecule has 2 aromatic heterocycles. The third-order valence-corrected chi connectivity index (χ3v) is 8.31. The van der Waals surface area contributed by atoms with Gasteiger partial charge in [-0.1, -0.05) is 54.6 Å². The highest BCUT2D eigenvalue weighted by Crippen LogP contribution is 2.42. The number of aromatic amines is 1. The smallest absolute Gasteiger partial charge is 0.192 e. The van der Waals surface area contributed by atoms with Crippen LogP contribution in [0.1, 0.15) is 36.1 Å². The molecule has 2 aromatic carbocycles. The molecule has 2 aliphatic rings. The second-order valence-electron chi connectivity index (χ2n) is 9.48. The maximum Gasteiger partial charge on any atom is 0.192 e. The van der Waals surface area contributed by atoms with Crippen molar-refractivity contribution in [1.82, 2.24) is 15.2 Å². The molecule has 4 aromatic rings. The zero-order valence-corrected chi connectivity index (χ0v) is 19.8. The van der Waals surface area contributed by atoms with Crippen LogP contribution >= 0.6 is 0 Å².